The van der Waals surface area contributed by atoms with Crippen LogP contribution in [0.25, 0.3) is 11.2 Å². The van der Waals surface area contributed by atoms with E-state index in [2.05, 4.69) is 20.3 Å². The predicted molar refractivity (Wildman–Crippen MR) is 141 cm³/mol. The Morgan fingerprint density at radius 3 is 2.51 bits per heavy atom. The molecular weight excluding hydrogens is 529 g/mol. The summed E-state index contributed by atoms with van der Waals surface area (Å²) < 4.78 is 12.6. The average Bonchev–Trinajstić information content (AvgIpc) is 3.40. The number of hydrogen-bond donors (Lipinski definition) is 4. The number of nitrogens with one attached hydrogen (secondary N) is 1. The molecule has 37 heavy (non-hydrogen) atoms. The number of aliphatic hydroxyl groups excluding tert-OH is 2. The number of aliphatic hydroxyl groups is 2. The lowest BCUT2D eigenvalue weighted by Gasteiger charge is -2.23. The van der Waals surface area contributed by atoms with Gasteiger partial charge in [0.25, 0.3) is 0 Å². The summed E-state index contributed by atoms with van der Waals surface area (Å²) in [5.74, 6) is 0.861. The monoisotopic (exact) mass is 561 g/mol. The van der Waals surface area contributed by atoms with Crippen molar-refractivity contribution >= 4 is 47.7 Å². The van der Waals surface area contributed by atoms with E-state index in [1.165, 1.54) is 12.7 Å². The largest absolute Gasteiger partial charge is 0.497 e. The van der Waals surface area contributed by atoms with Crippen LogP contribution in [-0.2, 0) is 16.0 Å². The van der Waals surface area contributed by atoms with E-state index in [4.69, 9.17) is 15.2 Å². The number of benzene rings is 1. The number of imidazole rings is 1. The first-order valence-electron chi connectivity index (χ1n) is 10.8. The number of anilines is 1. The van der Waals surface area contributed by atoms with Crippen molar-refractivity contribution in [2.45, 2.75) is 36.9 Å². The first-order valence-corrected chi connectivity index (χ1v) is 10.8. The number of methoxy groups -OCH3 is 1. The van der Waals surface area contributed by atoms with E-state index in [1.54, 1.807) is 28.7 Å². The Morgan fingerprint density at radius 2 is 1.92 bits per heavy atom. The number of amides is 1. The molecule has 1 amide bonds. The Labute approximate surface area is 226 Å². The molecule has 1 fully saturated rings. The first-order chi connectivity index (χ1) is 16.3. The first kappa shape index (κ1) is 32.2. The summed E-state index contributed by atoms with van der Waals surface area (Å²) >= 11 is 0. The second-order valence-electron chi connectivity index (χ2n) is 8.35. The maximum atomic E-state index is 12.8. The summed E-state index contributed by atoms with van der Waals surface area (Å²) in [6.45, 7) is -0.406. The van der Waals surface area contributed by atoms with E-state index in [1.807, 2.05) is 26.2 Å². The highest BCUT2D eigenvalue weighted by molar-refractivity contribution is 5.86. The Kier molecular flexibility index (Phi) is 11.9. The summed E-state index contributed by atoms with van der Waals surface area (Å²) in [5, 5.41) is 23.6. The number of ether oxygens (including phenoxy) is 2. The summed E-state index contributed by atoms with van der Waals surface area (Å²) in [7, 11) is 5.25. The van der Waals surface area contributed by atoms with E-state index in [-0.39, 0.29) is 30.3 Å². The van der Waals surface area contributed by atoms with Gasteiger partial charge in [0, 0.05) is 14.1 Å². The van der Waals surface area contributed by atoms with Gasteiger partial charge in [-0.15, -0.1) is 24.8 Å². The number of nitrogens with two attached hydrogens (primary N) is 1. The summed E-state index contributed by atoms with van der Waals surface area (Å²) in [6.07, 6.45) is 0.250. The molecule has 0 radical (unpaired) electrons. The van der Waals surface area contributed by atoms with Crippen LogP contribution in [0.15, 0.2) is 36.9 Å². The minimum atomic E-state index is -1.18. The van der Waals surface area contributed by atoms with Crippen molar-refractivity contribution in [3.8, 4) is 5.75 Å². The van der Waals surface area contributed by atoms with Gasteiger partial charge in [0.2, 0.25) is 5.91 Å². The van der Waals surface area contributed by atoms with Gasteiger partial charge in [-0.05, 0) is 24.1 Å². The van der Waals surface area contributed by atoms with Gasteiger partial charge in [-0.1, -0.05) is 12.1 Å². The van der Waals surface area contributed by atoms with Crippen LogP contribution < -0.4 is 20.7 Å². The molecule has 1 saturated heterocycles. The average molecular weight is 562 g/mol. The normalized spacial score (nSPS) is 21.2. The Morgan fingerprint density at radius 1 is 1.24 bits per heavy atom. The van der Waals surface area contributed by atoms with Crippen molar-refractivity contribution in [1.29, 1.82) is 0 Å². The van der Waals surface area contributed by atoms with Crippen LogP contribution in [0.3, 0.4) is 0 Å². The fourth-order valence-corrected chi connectivity index (χ4v) is 4.04. The smallest absolute Gasteiger partial charge is 0.237 e. The third kappa shape index (κ3) is 6.57. The molecule has 1 aliphatic heterocycles. The topological polar surface area (TPSA) is 192 Å². The molecule has 206 valence electrons. The zero-order chi connectivity index (χ0) is 24.4. The molecule has 4 rings (SSSR count). The molecule has 15 heteroatoms. The van der Waals surface area contributed by atoms with Gasteiger partial charge in [0.05, 0.1) is 32.1 Å². The third-order valence-corrected chi connectivity index (χ3v) is 5.85. The van der Waals surface area contributed by atoms with E-state index in [0.717, 1.165) is 5.56 Å². The van der Waals surface area contributed by atoms with Crippen molar-refractivity contribution in [2.75, 3.05) is 32.7 Å². The van der Waals surface area contributed by atoms with Crippen molar-refractivity contribution in [2.24, 2.45) is 5.73 Å². The number of fused-ring (bicyclic) bond motifs is 1. The zero-order valence-electron chi connectivity index (χ0n) is 20.5. The number of nitrogens with zero attached hydrogens (tertiary/aromatic N) is 5. The highest BCUT2D eigenvalue weighted by atomic mass is 35.5. The molecule has 0 spiro atoms. The van der Waals surface area contributed by atoms with Crippen LogP contribution in [0, 0.1) is 0 Å². The van der Waals surface area contributed by atoms with Crippen molar-refractivity contribution < 1.29 is 30.0 Å². The van der Waals surface area contributed by atoms with Crippen LogP contribution in [0.2, 0.25) is 0 Å². The molecule has 3 aromatic rings. The molecule has 13 nitrogen and oxygen atoms in total. The Bertz CT molecular complexity index is 1150. The molecule has 2 aromatic heterocycles. The lowest BCUT2D eigenvalue weighted by atomic mass is 10.0. The number of hydrogen-bond acceptors (Lipinski definition) is 10. The van der Waals surface area contributed by atoms with Gasteiger partial charge >= 0.3 is 0 Å². The van der Waals surface area contributed by atoms with E-state index in [0.29, 0.717) is 29.2 Å². The van der Waals surface area contributed by atoms with Crippen LogP contribution >= 0.6 is 24.8 Å². The minimum Gasteiger partial charge on any atom is -0.497 e. The molecule has 7 N–H and O–H groups in total. The van der Waals surface area contributed by atoms with Crippen LogP contribution in [0.4, 0.5) is 5.82 Å². The van der Waals surface area contributed by atoms with Gasteiger partial charge in [0.1, 0.15) is 24.3 Å². The second kappa shape index (κ2) is 13.7. The van der Waals surface area contributed by atoms with Gasteiger partial charge in [0.15, 0.2) is 23.2 Å². The quantitative estimate of drug-likeness (QED) is 0.271. The molecule has 0 bridgehead atoms. The molecule has 5 unspecified atom stereocenters. The lowest BCUT2D eigenvalue weighted by molar-refractivity contribution is -0.124. The number of aromatic nitrogens is 4. The highest BCUT2D eigenvalue weighted by Crippen LogP contribution is 2.32. The van der Waals surface area contributed by atoms with E-state index >= 15 is 0 Å². The van der Waals surface area contributed by atoms with Crippen molar-refractivity contribution in [1.82, 2.24) is 24.8 Å². The predicted octanol–water partition coefficient (Wildman–Crippen LogP) is -0.775. The molecule has 0 saturated carbocycles. The summed E-state index contributed by atoms with van der Waals surface area (Å²) in [5.41, 5.74) is 7.98. The van der Waals surface area contributed by atoms with Gasteiger partial charge in [-0.2, -0.15) is 0 Å². The lowest BCUT2D eigenvalue weighted by Crippen LogP contribution is -2.53. The van der Waals surface area contributed by atoms with Gasteiger partial charge < -0.3 is 41.1 Å². The van der Waals surface area contributed by atoms with Crippen LogP contribution in [0.5, 0.6) is 5.75 Å². The number of carbonyl (C=O) groups excluding carboxylic acids is 1. The zero-order valence-corrected chi connectivity index (χ0v) is 22.1. The number of rotatable bonds is 8. The molecule has 1 aromatic carbocycles. The molecular formula is C22H33Cl2N7O6. The van der Waals surface area contributed by atoms with Crippen molar-refractivity contribution in [3.63, 3.8) is 0 Å². The number of halogens is 2. The molecule has 5 atom stereocenters. The van der Waals surface area contributed by atoms with E-state index < -0.39 is 43.0 Å². The van der Waals surface area contributed by atoms with Crippen LogP contribution in [0.1, 0.15) is 11.8 Å². The van der Waals surface area contributed by atoms with Crippen LogP contribution in [-0.4, -0.2) is 93.2 Å². The van der Waals surface area contributed by atoms with Crippen molar-refractivity contribution in [3.05, 3.63) is 42.5 Å². The third-order valence-electron chi connectivity index (χ3n) is 5.85. The summed E-state index contributed by atoms with van der Waals surface area (Å²) in [6, 6.07) is 5.52. The molecule has 1 aliphatic rings. The Hall–Kier alpha value is -2.78. The fraction of sp³-hybridized carbons (Fsp3) is 0.455. The standard InChI is InChI=1S/C22H29N7O5.2ClH.H2O/c1-28(2)19-17-20(25-10-24-19)29(11-26-17)22-18(31)16(15(9-30)34-22)27-21(32)14(23)8-12-4-6-13(33-3)7-5-12;;;/h4-7,10-11,14-16,18,22,30-31H,8-9,23H2,1-3H3,(H,27,32);2*1H;1H2. The molecule has 0 aliphatic carbocycles. The SMILES string of the molecule is COc1ccc(CC(N)C(=O)NC2C(CO)OC(n3cnc4c(N(C)C)ncnc43)C2O)cc1.Cl.Cl.O. The maximum absolute atomic E-state index is 12.8. The highest BCUT2D eigenvalue weighted by Gasteiger charge is 2.46. The summed E-state index contributed by atoms with van der Waals surface area (Å²) in [4.78, 5) is 27.5. The fourth-order valence-electron chi connectivity index (χ4n) is 4.04. The van der Waals surface area contributed by atoms with Gasteiger partial charge in [-0.3, -0.25) is 9.36 Å². The second-order valence-corrected chi connectivity index (χ2v) is 8.35. The number of carbonyl (C=O) groups is 1. The Balaban J connectivity index is 0.00000228. The molecule has 3 heterocycles. The minimum absolute atomic E-state index is 0. The maximum Gasteiger partial charge on any atom is 0.237 e. The van der Waals surface area contributed by atoms with E-state index in [9.17, 15) is 15.0 Å². The van der Waals surface area contributed by atoms with Gasteiger partial charge in [-0.25, -0.2) is 15.0 Å².